The predicted molar refractivity (Wildman–Crippen MR) is 131 cm³/mol. The van der Waals surface area contributed by atoms with Crippen LogP contribution in [0.25, 0.3) is 28.1 Å². The Morgan fingerprint density at radius 1 is 1.09 bits per heavy atom. The molecule has 4 rings (SSSR count). The molecule has 0 aliphatic heterocycles. The number of fused-ring (bicyclic) bond motifs is 1. The second-order valence-corrected chi connectivity index (χ2v) is 8.44. The zero-order valence-corrected chi connectivity index (χ0v) is 18.9. The predicted octanol–water partition coefficient (Wildman–Crippen LogP) is 5.46. The minimum atomic E-state index is 0.432. The third kappa shape index (κ3) is 3.94. The van der Waals surface area contributed by atoms with Gasteiger partial charge in [-0.05, 0) is 71.1 Å². The number of aromatic nitrogens is 2. The largest absolute Gasteiger partial charge is 0.398 e. The van der Waals surface area contributed by atoms with Crippen molar-refractivity contribution in [2.24, 2.45) is 0 Å². The molecule has 7 heteroatoms. The molecule has 5 N–H and O–H groups in total. The Balaban J connectivity index is 1.99. The quantitative estimate of drug-likeness (QED) is 0.262. The minimum Gasteiger partial charge on any atom is -0.398 e. The molecule has 0 unspecified atom stereocenters. The molecule has 0 aliphatic rings. The van der Waals surface area contributed by atoms with Crippen molar-refractivity contribution in [1.29, 1.82) is 10.5 Å². The first-order valence-electron chi connectivity index (χ1n) is 9.83. The molecule has 6 nitrogen and oxygen atoms in total. The zero-order valence-electron chi connectivity index (χ0n) is 17.3. The Morgan fingerprint density at radius 2 is 1.91 bits per heavy atom. The molecule has 0 aliphatic carbocycles. The Bertz CT molecular complexity index is 1470. The number of nitrogens with zero attached hydrogens (tertiary/aromatic N) is 3. The zero-order chi connectivity index (χ0) is 22.8. The van der Waals surface area contributed by atoms with Gasteiger partial charge < -0.3 is 11.5 Å². The average molecular weight is 483 g/mol. The summed E-state index contributed by atoms with van der Waals surface area (Å²) in [6.45, 7) is 2.03. The fourth-order valence-electron chi connectivity index (χ4n) is 3.98. The van der Waals surface area contributed by atoms with Crippen LogP contribution >= 0.6 is 15.9 Å². The maximum Gasteiger partial charge on any atom is 0.153 e. The molecule has 0 saturated heterocycles. The van der Waals surface area contributed by atoms with Crippen LogP contribution in [0, 0.1) is 29.6 Å². The third-order valence-electron chi connectivity index (χ3n) is 5.38. The summed E-state index contributed by atoms with van der Waals surface area (Å²) in [5.74, 6) is 0.432. The van der Waals surface area contributed by atoms with E-state index in [2.05, 4.69) is 32.2 Å². The highest BCUT2D eigenvalue weighted by molar-refractivity contribution is 9.10. The van der Waals surface area contributed by atoms with Crippen molar-refractivity contribution in [1.82, 2.24) is 10.2 Å². The van der Waals surface area contributed by atoms with Crippen LogP contribution in [0.15, 0.2) is 53.0 Å². The number of nitrogen functional groups attached to an aromatic ring is 2. The van der Waals surface area contributed by atoms with Crippen LogP contribution in [0.4, 0.5) is 11.5 Å². The molecule has 0 radical (unpaired) electrons. The van der Waals surface area contributed by atoms with E-state index in [9.17, 15) is 5.26 Å². The number of nitriles is 2. The Labute approximate surface area is 193 Å². The van der Waals surface area contributed by atoms with Crippen LogP contribution in [-0.2, 0) is 6.42 Å². The van der Waals surface area contributed by atoms with Crippen LogP contribution in [-0.4, -0.2) is 10.2 Å². The number of allylic oxidation sites excluding steroid dienone is 1. The lowest BCUT2D eigenvalue weighted by Gasteiger charge is -2.17. The summed E-state index contributed by atoms with van der Waals surface area (Å²) in [6.07, 6.45) is 3.75. The first kappa shape index (κ1) is 21.2. The lowest BCUT2D eigenvalue weighted by Crippen LogP contribution is -2.01. The molecule has 156 valence electrons. The van der Waals surface area contributed by atoms with Gasteiger partial charge in [0.2, 0.25) is 0 Å². The average Bonchev–Trinajstić information content (AvgIpc) is 3.14. The number of hydrogen-bond acceptors (Lipinski definition) is 5. The van der Waals surface area contributed by atoms with E-state index < -0.39 is 0 Å². The van der Waals surface area contributed by atoms with E-state index in [4.69, 9.17) is 16.7 Å². The van der Waals surface area contributed by atoms with Crippen molar-refractivity contribution in [2.45, 2.75) is 13.3 Å². The molecule has 1 aromatic heterocycles. The molecule has 0 spiro atoms. The molecule has 0 saturated carbocycles. The van der Waals surface area contributed by atoms with Gasteiger partial charge in [0.1, 0.15) is 0 Å². The number of benzene rings is 3. The number of aromatic amines is 1. The summed E-state index contributed by atoms with van der Waals surface area (Å²) in [4.78, 5) is 0. The fourth-order valence-corrected chi connectivity index (χ4v) is 4.44. The minimum absolute atomic E-state index is 0.432. The topological polar surface area (TPSA) is 128 Å². The number of halogens is 1. The van der Waals surface area contributed by atoms with E-state index in [0.29, 0.717) is 23.5 Å². The molecule has 0 atom stereocenters. The van der Waals surface area contributed by atoms with Gasteiger partial charge in [-0.1, -0.05) is 28.1 Å². The van der Waals surface area contributed by atoms with Crippen LogP contribution in [0.2, 0.25) is 0 Å². The summed E-state index contributed by atoms with van der Waals surface area (Å²) in [5.41, 5.74) is 20.1. The highest BCUT2D eigenvalue weighted by Gasteiger charge is 2.17. The highest BCUT2D eigenvalue weighted by atomic mass is 79.9. The molecule has 32 heavy (non-hydrogen) atoms. The molecule has 0 amide bonds. The van der Waals surface area contributed by atoms with Crippen molar-refractivity contribution < 1.29 is 0 Å². The summed E-state index contributed by atoms with van der Waals surface area (Å²) in [5, 5.41) is 26.4. The standard InChI is InChI=1S/C25H19BrN6/c1-14-7-15(3-2-6-27)8-18(10-17-9-16(13-28)4-5-22(17)29)23(14)20-11-19(26)12-21-24(20)31-32-25(21)30/h2-5,7-9,11-12H,10,29H2,1H3,(H3,30,31,32)/b3-2+. The third-order valence-corrected chi connectivity index (χ3v) is 5.84. The Hall–Kier alpha value is -4.07. The second kappa shape index (κ2) is 8.58. The van der Waals surface area contributed by atoms with Gasteiger partial charge in [0, 0.05) is 33.6 Å². The molecule has 0 bridgehead atoms. The summed E-state index contributed by atoms with van der Waals surface area (Å²) in [6, 6.07) is 17.5. The van der Waals surface area contributed by atoms with Crippen LogP contribution < -0.4 is 11.5 Å². The molecule has 1 heterocycles. The number of anilines is 2. The van der Waals surface area contributed by atoms with Gasteiger partial charge in [0.25, 0.3) is 0 Å². The van der Waals surface area contributed by atoms with Gasteiger partial charge in [-0.2, -0.15) is 15.6 Å². The molecule has 3 aromatic carbocycles. The number of aryl methyl sites for hydroxylation is 1. The monoisotopic (exact) mass is 482 g/mol. The van der Waals surface area contributed by atoms with Gasteiger partial charge in [-0.15, -0.1) is 0 Å². The molecular formula is C25H19BrN6. The summed E-state index contributed by atoms with van der Waals surface area (Å²) >= 11 is 3.59. The first-order chi connectivity index (χ1) is 15.4. The van der Waals surface area contributed by atoms with Crippen LogP contribution in [0.3, 0.4) is 0 Å². The smallest absolute Gasteiger partial charge is 0.153 e. The van der Waals surface area contributed by atoms with Crippen molar-refractivity contribution in [3.8, 4) is 23.3 Å². The molecular weight excluding hydrogens is 464 g/mol. The van der Waals surface area contributed by atoms with E-state index in [1.54, 1.807) is 18.2 Å². The number of hydrogen-bond donors (Lipinski definition) is 3. The second-order valence-electron chi connectivity index (χ2n) is 7.52. The molecule has 0 fully saturated rings. The van der Waals surface area contributed by atoms with Crippen molar-refractivity contribution in [3.05, 3.63) is 80.8 Å². The molecule has 4 aromatic rings. The highest BCUT2D eigenvalue weighted by Crippen LogP contribution is 2.38. The van der Waals surface area contributed by atoms with E-state index in [1.165, 1.54) is 6.08 Å². The maximum atomic E-state index is 9.33. The number of nitrogens with two attached hydrogens (primary N) is 2. The van der Waals surface area contributed by atoms with Crippen molar-refractivity contribution >= 4 is 44.4 Å². The number of rotatable bonds is 4. The van der Waals surface area contributed by atoms with Gasteiger partial charge in [0.05, 0.1) is 23.2 Å². The lowest BCUT2D eigenvalue weighted by atomic mass is 9.88. The van der Waals surface area contributed by atoms with Gasteiger partial charge in [0.15, 0.2) is 5.82 Å². The van der Waals surface area contributed by atoms with Gasteiger partial charge in [-0.25, -0.2) is 0 Å². The van der Waals surface area contributed by atoms with E-state index in [1.807, 2.05) is 43.3 Å². The van der Waals surface area contributed by atoms with E-state index >= 15 is 0 Å². The first-order valence-corrected chi connectivity index (χ1v) is 10.6. The van der Waals surface area contributed by atoms with Crippen LogP contribution in [0.1, 0.15) is 27.8 Å². The Kier molecular flexibility index (Phi) is 5.68. The summed E-state index contributed by atoms with van der Waals surface area (Å²) in [7, 11) is 0. The van der Waals surface area contributed by atoms with E-state index in [-0.39, 0.29) is 0 Å². The lowest BCUT2D eigenvalue weighted by molar-refractivity contribution is 1.12. The van der Waals surface area contributed by atoms with Gasteiger partial charge >= 0.3 is 0 Å². The van der Waals surface area contributed by atoms with Crippen molar-refractivity contribution in [3.63, 3.8) is 0 Å². The van der Waals surface area contributed by atoms with E-state index in [0.717, 1.165) is 48.8 Å². The van der Waals surface area contributed by atoms with Gasteiger partial charge in [-0.3, -0.25) is 5.10 Å². The maximum absolute atomic E-state index is 9.33. The normalized spacial score (nSPS) is 11.0. The SMILES string of the molecule is Cc1cc(/C=C/C#N)cc(Cc2cc(C#N)ccc2N)c1-c1cc(Br)cc2c(N)n[nH]c12. The van der Waals surface area contributed by atoms with Crippen LogP contribution in [0.5, 0.6) is 0 Å². The fraction of sp³-hybridized carbons (Fsp3) is 0.0800. The number of H-pyrrole nitrogens is 1. The van der Waals surface area contributed by atoms with Crippen molar-refractivity contribution in [2.75, 3.05) is 11.5 Å². The number of nitrogens with one attached hydrogen (secondary N) is 1. The summed E-state index contributed by atoms with van der Waals surface area (Å²) < 4.78 is 0.887. The Morgan fingerprint density at radius 3 is 2.66 bits per heavy atom.